The molecular weight excluding hydrogens is 657 g/mol. The fourth-order valence-corrected chi connectivity index (χ4v) is 7.05. The van der Waals surface area contributed by atoms with E-state index in [1.165, 1.54) is 17.8 Å². The van der Waals surface area contributed by atoms with E-state index in [1.54, 1.807) is 70.2 Å². The third kappa shape index (κ3) is 8.77. The molecule has 15 nitrogen and oxygen atoms in total. The quantitative estimate of drug-likeness (QED) is 0.135. The molecular formula is C33H44N5O10P. The smallest absolute Gasteiger partial charge is 0.459 e. The van der Waals surface area contributed by atoms with E-state index in [9.17, 15) is 18.9 Å². The van der Waals surface area contributed by atoms with Gasteiger partial charge in [-0.15, -0.1) is 0 Å². The molecule has 2 aromatic heterocycles. The summed E-state index contributed by atoms with van der Waals surface area (Å²) in [6.45, 7) is 7.70. The highest BCUT2D eigenvalue weighted by Crippen LogP contribution is 2.47. The SMILES string of the molecule is CC(C)C(=O)O[C@@H]1[C@H](OC(=O)C(C)C)[C@@H](COP(=O)(N[C@@H](C)C(=O)OC2CCCC2)Oc2ccccc2)O[C@H]1c1ccc2c(N)ncnn12. The number of fused-ring (bicyclic) bond motifs is 1. The highest BCUT2D eigenvalue weighted by molar-refractivity contribution is 7.52. The lowest BCUT2D eigenvalue weighted by Crippen LogP contribution is -2.42. The Labute approximate surface area is 284 Å². The van der Waals surface area contributed by atoms with Crippen LogP contribution in [0.3, 0.4) is 0 Å². The second-order valence-electron chi connectivity index (χ2n) is 12.8. The third-order valence-corrected chi connectivity index (χ3v) is 9.87. The van der Waals surface area contributed by atoms with Crippen LogP contribution in [-0.4, -0.2) is 69.6 Å². The molecule has 266 valence electrons. The monoisotopic (exact) mass is 701 g/mol. The zero-order valence-corrected chi connectivity index (χ0v) is 29.1. The van der Waals surface area contributed by atoms with Crippen LogP contribution in [0.15, 0.2) is 48.8 Å². The number of carbonyl (C=O) groups is 3. The number of aromatic nitrogens is 3. The van der Waals surface area contributed by atoms with Crippen LogP contribution in [0.25, 0.3) is 5.52 Å². The van der Waals surface area contributed by atoms with Gasteiger partial charge in [0.1, 0.15) is 41.9 Å². The van der Waals surface area contributed by atoms with E-state index in [1.807, 2.05) is 0 Å². The lowest BCUT2D eigenvalue weighted by Gasteiger charge is -2.27. The number of hydrogen-bond donors (Lipinski definition) is 2. The van der Waals surface area contributed by atoms with Crippen molar-refractivity contribution in [3.63, 3.8) is 0 Å². The lowest BCUT2D eigenvalue weighted by molar-refractivity contribution is -0.171. The summed E-state index contributed by atoms with van der Waals surface area (Å²) in [7, 11) is -4.34. The van der Waals surface area contributed by atoms with Crippen molar-refractivity contribution >= 4 is 37.0 Å². The number of para-hydroxylation sites is 1. The average molecular weight is 702 g/mol. The number of nitrogens with one attached hydrogen (secondary N) is 1. The predicted molar refractivity (Wildman–Crippen MR) is 176 cm³/mol. The molecule has 6 atom stereocenters. The Morgan fingerprint density at radius 2 is 1.59 bits per heavy atom. The van der Waals surface area contributed by atoms with Crippen molar-refractivity contribution in [2.75, 3.05) is 12.3 Å². The molecule has 49 heavy (non-hydrogen) atoms. The van der Waals surface area contributed by atoms with E-state index >= 15 is 0 Å². The molecule has 0 spiro atoms. The maximum absolute atomic E-state index is 14.4. The molecule has 1 aliphatic heterocycles. The van der Waals surface area contributed by atoms with E-state index < -0.39 is 74.6 Å². The van der Waals surface area contributed by atoms with Gasteiger partial charge in [-0.1, -0.05) is 45.9 Å². The van der Waals surface area contributed by atoms with Crippen molar-refractivity contribution in [3.8, 4) is 5.75 Å². The van der Waals surface area contributed by atoms with Crippen LogP contribution in [0.4, 0.5) is 5.82 Å². The Morgan fingerprint density at radius 3 is 2.24 bits per heavy atom. The van der Waals surface area contributed by atoms with Crippen molar-refractivity contribution in [3.05, 3.63) is 54.5 Å². The second-order valence-corrected chi connectivity index (χ2v) is 14.5. The molecule has 3 aromatic rings. The van der Waals surface area contributed by atoms with Crippen molar-refractivity contribution in [2.45, 2.75) is 96.9 Å². The van der Waals surface area contributed by atoms with Crippen LogP contribution in [0, 0.1) is 11.8 Å². The second kappa shape index (κ2) is 15.7. The van der Waals surface area contributed by atoms with E-state index in [4.69, 9.17) is 33.7 Å². The minimum Gasteiger partial charge on any atom is -0.461 e. The first-order chi connectivity index (χ1) is 23.3. The summed E-state index contributed by atoms with van der Waals surface area (Å²) >= 11 is 0. The maximum Gasteiger partial charge on any atom is 0.459 e. The minimum absolute atomic E-state index is 0.205. The first-order valence-corrected chi connectivity index (χ1v) is 18.0. The third-order valence-electron chi connectivity index (χ3n) is 8.23. The molecule has 1 saturated heterocycles. The highest BCUT2D eigenvalue weighted by Gasteiger charge is 2.52. The van der Waals surface area contributed by atoms with Gasteiger partial charge in [0.05, 0.1) is 24.1 Å². The Balaban J connectivity index is 1.45. The fourth-order valence-electron chi connectivity index (χ4n) is 5.54. The summed E-state index contributed by atoms with van der Waals surface area (Å²) in [4.78, 5) is 43.0. The zero-order valence-electron chi connectivity index (χ0n) is 28.2. The van der Waals surface area contributed by atoms with Crippen LogP contribution in [0.1, 0.15) is 72.1 Å². The van der Waals surface area contributed by atoms with Crippen molar-refractivity contribution < 1.29 is 46.9 Å². The highest BCUT2D eigenvalue weighted by atomic mass is 31.2. The number of nitrogens with two attached hydrogens (primary N) is 1. The average Bonchev–Trinajstić information content (AvgIpc) is 3.81. The number of rotatable bonds is 14. The summed E-state index contributed by atoms with van der Waals surface area (Å²) < 4.78 is 51.5. The van der Waals surface area contributed by atoms with Gasteiger partial charge in [0.15, 0.2) is 18.0 Å². The minimum atomic E-state index is -4.34. The Hall–Kier alpha value is -4.04. The van der Waals surface area contributed by atoms with Gasteiger partial charge in [-0.2, -0.15) is 10.2 Å². The van der Waals surface area contributed by atoms with Crippen LogP contribution in [0.2, 0.25) is 0 Å². The predicted octanol–water partition coefficient (Wildman–Crippen LogP) is 4.55. The van der Waals surface area contributed by atoms with Gasteiger partial charge in [0.25, 0.3) is 0 Å². The van der Waals surface area contributed by atoms with Crippen molar-refractivity contribution in [1.82, 2.24) is 19.7 Å². The molecule has 1 unspecified atom stereocenters. The van der Waals surface area contributed by atoms with Crippen molar-refractivity contribution in [1.29, 1.82) is 0 Å². The van der Waals surface area contributed by atoms with E-state index in [-0.39, 0.29) is 17.7 Å². The molecule has 1 saturated carbocycles. The van der Waals surface area contributed by atoms with E-state index in [0.29, 0.717) is 11.2 Å². The molecule has 2 fully saturated rings. The maximum atomic E-state index is 14.4. The topological polar surface area (TPSA) is 192 Å². The zero-order chi connectivity index (χ0) is 35.3. The van der Waals surface area contributed by atoms with Gasteiger partial charge in [-0.3, -0.25) is 18.9 Å². The van der Waals surface area contributed by atoms with Gasteiger partial charge in [0.2, 0.25) is 0 Å². The molecule has 1 aliphatic carbocycles. The number of nitrogen functional groups attached to an aromatic ring is 1. The normalized spacial score (nSPS) is 23.0. The van der Waals surface area contributed by atoms with Crippen LogP contribution in [-0.2, 0) is 42.4 Å². The van der Waals surface area contributed by atoms with E-state index in [2.05, 4.69) is 15.2 Å². The molecule has 1 aromatic carbocycles. The molecule has 0 radical (unpaired) electrons. The molecule has 5 rings (SSSR count). The van der Waals surface area contributed by atoms with Gasteiger partial charge in [-0.25, -0.2) is 14.1 Å². The molecule has 0 bridgehead atoms. The number of benzene rings is 1. The number of ether oxygens (including phenoxy) is 4. The van der Waals surface area contributed by atoms with Crippen LogP contribution >= 0.6 is 7.75 Å². The van der Waals surface area contributed by atoms with E-state index in [0.717, 1.165) is 25.7 Å². The molecule has 0 amide bonds. The standard InChI is InChI=1S/C33H44N5O10P/c1-19(2)31(39)46-28-26(45-27(29(28)47-32(40)20(3)4)24-15-16-25-30(34)35-18-36-38(24)25)17-43-49(42,48-23-13-7-6-8-14-23)37-21(5)33(41)44-22-11-9-10-12-22/h6-8,13-16,18-22,26-29H,9-12,17H2,1-5H3,(H,37,42)(H2,34,35,36)/t21-,26+,27-,28+,29-,49?/m0/s1. The lowest BCUT2D eigenvalue weighted by atomic mass is 10.0. The first kappa shape index (κ1) is 36.2. The van der Waals surface area contributed by atoms with Crippen molar-refractivity contribution in [2.24, 2.45) is 11.8 Å². The first-order valence-electron chi connectivity index (χ1n) is 16.5. The molecule has 3 heterocycles. The van der Waals surface area contributed by atoms with Crippen LogP contribution in [0.5, 0.6) is 5.75 Å². The molecule has 2 aliphatic rings. The number of nitrogens with zero attached hydrogens (tertiary/aromatic N) is 3. The summed E-state index contributed by atoms with van der Waals surface area (Å²) in [6.07, 6.45) is 0.0117. The van der Waals surface area contributed by atoms with Gasteiger partial charge >= 0.3 is 25.7 Å². The number of esters is 3. The fraction of sp³-hybridized carbons (Fsp3) is 0.545. The Bertz CT molecular complexity index is 1660. The Kier molecular flexibility index (Phi) is 11.6. The molecule has 16 heteroatoms. The summed E-state index contributed by atoms with van der Waals surface area (Å²) in [6, 6.07) is 10.6. The molecule has 3 N–H and O–H groups in total. The van der Waals surface area contributed by atoms with Crippen LogP contribution < -0.4 is 15.3 Å². The summed E-state index contributed by atoms with van der Waals surface area (Å²) in [5, 5.41) is 6.99. The summed E-state index contributed by atoms with van der Waals surface area (Å²) in [5.74, 6) is -2.38. The van der Waals surface area contributed by atoms with Gasteiger partial charge in [0, 0.05) is 0 Å². The van der Waals surface area contributed by atoms with Gasteiger partial charge < -0.3 is 29.2 Å². The Morgan fingerprint density at radius 1 is 0.939 bits per heavy atom. The largest absolute Gasteiger partial charge is 0.461 e. The number of hydrogen-bond acceptors (Lipinski definition) is 13. The number of anilines is 1. The van der Waals surface area contributed by atoms with Gasteiger partial charge in [-0.05, 0) is 56.9 Å². The number of carbonyl (C=O) groups excluding carboxylic acids is 3. The summed E-state index contributed by atoms with van der Waals surface area (Å²) in [5.41, 5.74) is 6.98.